The van der Waals surface area contributed by atoms with Crippen LogP contribution in [0, 0.1) is 5.92 Å². The second-order valence-corrected chi connectivity index (χ2v) is 5.45. The molecule has 108 valence electrons. The van der Waals surface area contributed by atoms with Crippen LogP contribution in [0.3, 0.4) is 0 Å². The minimum absolute atomic E-state index is 0.372. The monoisotopic (exact) mass is 264 g/mol. The van der Waals surface area contributed by atoms with E-state index in [1.54, 1.807) is 13.3 Å². The molecule has 1 rings (SSSR count). The van der Waals surface area contributed by atoms with E-state index in [0.717, 1.165) is 31.1 Å². The van der Waals surface area contributed by atoms with E-state index in [2.05, 4.69) is 37.1 Å². The number of hydrogen-bond donors (Lipinski definition) is 1. The first-order chi connectivity index (χ1) is 9.19. The molecule has 0 radical (unpaired) electrons. The van der Waals surface area contributed by atoms with Crippen molar-refractivity contribution in [3.63, 3.8) is 0 Å². The molecule has 1 N–H and O–H groups in total. The molecule has 0 fully saturated rings. The minimum Gasteiger partial charge on any atom is -0.495 e. The molecule has 0 spiro atoms. The molecule has 1 heterocycles. The van der Waals surface area contributed by atoms with Crippen molar-refractivity contribution in [3.05, 3.63) is 24.0 Å². The van der Waals surface area contributed by atoms with Gasteiger partial charge in [-0.3, -0.25) is 4.98 Å². The predicted octanol–water partition coefficient (Wildman–Crippen LogP) is 3.96. The number of nitrogens with one attached hydrogen (secondary N) is 1. The van der Waals surface area contributed by atoms with Crippen molar-refractivity contribution in [2.45, 2.75) is 52.5 Å². The van der Waals surface area contributed by atoms with Crippen LogP contribution in [-0.4, -0.2) is 18.6 Å². The van der Waals surface area contributed by atoms with E-state index < -0.39 is 0 Å². The van der Waals surface area contributed by atoms with E-state index in [1.165, 1.54) is 18.4 Å². The smallest absolute Gasteiger partial charge is 0.141 e. The Morgan fingerprint density at radius 3 is 2.74 bits per heavy atom. The largest absolute Gasteiger partial charge is 0.495 e. The summed E-state index contributed by atoms with van der Waals surface area (Å²) in [5.74, 6) is 1.66. The second kappa shape index (κ2) is 8.92. The van der Waals surface area contributed by atoms with Gasteiger partial charge in [0.2, 0.25) is 0 Å². The van der Waals surface area contributed by atoms with Crippen LogP contribution in [0.1, 0.15) is 58.1 Å². The molecular formula is C16H28N2O. The SMILES string of the molecule is CCCNC(CCCC(C)C)c1ccncc1OC. The molecule has 3 heteroatoms. The normalized spacial score (nSPS) is 12.7. The zero-order chi connectivity index (χ0) is 14.1. The molecule has 0 saturated carbocycles. The molecule has 3 nitrogen and oxygen atoms in total. The van der Waals surface area contributed by atoms with E-state index in [1.807, 2.05) is 6.20 Å². The molecule has 0 aliphatic carbocycles. The van der Waals surface area contributed by atoms with E-state index in [9.17, 15) is 0 Å². The summed E-state index contributed by atoms with van der Waals surface area (Å²) in [7, 11) is 1.71. The fraction of sp³-hybridized carbons (Fsp3) is 0.688. The minimum atomic E-state index is 0.372. The van der Waals surface area contributed by atoms with Gasteiger partial charge in [0.15, 0.2) is 0 Å². The Hall–Kier alpha value is -1.09. The number of rotatable bonds is 9. The molecule has 19 heavy (non-hydrogen) atoms. The third-order valence-electron chi connectivity index (χ3n) is 3.33. The zero-order valence-corrected chi connectivity index (χ0v) is 12.8. The van der Waals surface area contributed by atoms with Gasteiger partial charge in [0.25, 0.3) is 0 Å². The van der Waals surface area contributed by atoms with Gasteiger partial charge >= 0.3 is 0 Å². The van der Waals surface area contributed by atoms with Crippen LogP contribution >= 0.6 is 0 Å². The first kappa shape index (κ1) is 16.0. The van der Waals surface area contributed by atoms with E-state index >= 15 is 0 Å². The number of methoxy groups -OCH3 is 1. The van der Waals surface area contributed by atoms with Gasteiger partial charge in [-0.2, -0.15) is 0 Å². The highest BCUT2D eigenvalue weighted by Crippen LogP contribution is 2.28. The zero-order valence-electron chi connectivity index (χ0n) is 12.8. The van der Waals surface area contributed by atoms with Crippen LogP contribution in [0.15, 0.2) is 18.5 Å². The number of hydrogen-bond acceptors (Lipinski definition) is 3. The third kappa shape index (κ3) is 5.60. The Morgan fingerprint density at radius 2 is 2.11 bits per heavy atom. The van der Waals surface area contributed by atoms with Crippen LogP contribution in [0.4, 0.5) is 0 Å². The van der Waals surface area contributed by atoms with Gasteiger partial charge in [-0.15, -0.1) is 0 Å². The van der Waals surface area contributed by atoms with Gasteiger partial charge in [-0.25, -0.2) is 0 Å². The second-order valence-electron chi connectivity index (χ2n) is 5.45. The Morgan fingerprint density at radius 1 is 1.32 bits per heavy atom. The lowest BCUT2D eigenvalue weighted by molar-refractivity contribution is 0.386. The first-order valence-corrected chi connectivity index (χ1v) is 7.40. The van der Waals surface area contributed by atoms with Crippen LogP contribution in [0.2, 0.25) is 0 Å². The van der Waals surface area contributed by atoms with Gasteiger partial charge in [0.05, 0.1) is 13.3 Å². The summed E-state index contributed by atoms with van der Waals surface area (Å²) in [5, 5.41) is 3.63. The highest BCUT2D eigenvalue weighted by atomic mass is 16.5. The lowest BCUT2D eigenvalue weighted by atomic mass is 9.98. The van der Waals surface area contributed by atoms with E-state index in [-0.39, 0.29) is 0 Å². The number of pyridine rings is 1. The molecule has 1 atom stereocenters. The molecular weight excluding hydrogens is 236 g/mol. The summed E-state index contributed by atoms with van der Waals surface area (Å²) in [4.78, 5) is 4.13. The Bertz CT molecular complexity index is 352. The van der Waals surface area contributed by atoms with Gasteiger partial charge in [-0.05, 0) is 31.4 Å². The van der Waals surface area contributed by atoms with Crippen LogP contribution < -0.4 is 10.1 Å². The number of ether oxygens (including phenoxy) is 1. The van der Waals surface area contributed by atoms with Gasteiger partial charge in [0.1, 0.15) is 5.75 Å². The maximum Gasteiger partial charge on any atom is 0.141 e. The van der Waals surface area contributed by atoms with Gasteiger partial charge < -0.3 is 10.1 Å². The molecule has 0 saturated heterocycles. The summed E-state index contributed by atoms with van der Waals surface area (Å²) in [6.45, 7) is 7.79. The molecule has 1 aromatic rings. The topological polar surface area (TPSA) is 34.2 Å². The standard InChI is InChI=1S/C16H28N2O/c1-5-10-18-15(8-6-7-13(2)3)14-9-11-17-12-16(14)19-4/h9,11-13,15,18H,5-8,10H2,1-4H3. The Kier molecular flexibility index (Phi) is 7.49. The average Bonchev–Trinajstić information content (AvgIpc) is 2.42. The maximum absolute atomic E-state index is 5.43. The third-order valence-corrected chi connectivity index (χ3v) is 3.33. The van der Waals surface area contributed by atoms with Crippen LogP contribution in [-0.2, 0) is 0 Å². The van der Waals surface area contributed by atoms with Crippen LogP contribution in [0.25, 0.3) is 0 Å². The highest BCUT2D eigenvalue weighted by molar-refractivity contribution is 5.32. The molecule has 1 unspecified atom stereocenters. The summed E-state index contributed by atoms with van der Waals surface area (Å²) >= 11 is 0. The van der Waals surface area contributed by atoms with Gasteiger partial charge in [0, 0.05) is 17.8 Å². The van der Waals surface area contributed by atoms with E-state index in [0.29, 0.717) is 6.04 Å². The molecule has 0 bridgehead atoms. The molecule has 0 aromatic carbocycles. The highest BCUT2D eigenvalue weighted by Gasteiger charge is 2.15. The fourth-order valence-corrected chi connectivity index (χ4v) is 2.27. The Labute approximate surface area is 117 Å². The molecule has 0 amide bonds. The van der Waals surface area contributed by atoms with E-state index in [4.69, 9.17) is 4.74 Å². The van der Waals surface area contributed by atoms with Crippen molar-refractivity contribution in [1.29, 1.82) is 0 Å². The fourth-order valence-electron chi connectivity index (χ4n) is 2.27. The lowest BCUT2D eigenvalue weighted by Crippen LogP contribution is -2.22. The van der Waals surface area contributed by atoms with Crippen LogP contribution in [0.5, 0.6) is 5.75 Å². The number of nitrogens with zero attached hydrogens (tertiary/aromatic N) is 1. The maximum atomic E-state index is 5.43. The summed E-state index contributed by atoms with van der Waals surface area (Å²) in [5.41, 5.74) is 1.23. The van der Waals surface area contributed by atoms with Crippen molar-refractivity contribution >= 4 is 0 Å². The Balaban J connectivity index is 2.71. The summed E-state index contributed by atoms with van der Waals surface area (Å²) in [6.07, 6.45) is 8.47. The molecule has 1 aromatic heterocycles. The average molecular weight is 264 g/mol. The number of aromatic nitrogens is 1. The predicted molar refractivity (Wildman–Crippen MR) is 80.5 cm³/mol. The quantitative estimate of drug-likeness (QED) is 0.733. The van der Waals surface area contributed by atoms with Crippen molar-refractivity contribution in [1.82, 2.24) is 10.3 Å². The first-order valence-electron chi connectivity index (χ1n) is 7.40. The summed E-state index contributed by atoms with van der Waals surface area (Å²) < 4.78 is 5.43. The van der Waals surface area contributed by atoms with Gasteiger partial charge in [-0.1, -0.05) is 33.6 Å². The van der Waals surface area contributed by atoms with Crippen molar-refractivity contribution in [2.75, 3.05) is 13.7 Å². The molecule has 0 aliphatic rings. The lowest BCUT2D eigenvalue weighted by Gasteiger charge is -2.21. The van der Waals surface area contributed by atoms with Crippen molar-refractivity contribution in [2.24, 2.45) is 5.92 Å². The van der Waals surface area contributed by atoms with Crippen molar-refractivity contribution < 1.29 is 4.74 Å². The molecule has 0 aliphatic heterocycles. The van der Waals surface area contributed by atoms with Crippen molar-refractivity contribution in [3.8, 4) is 5.75 Å². The summed E-state index contributed by atoms with van der Waals surface area (Å²) in [6, 6.07) is 2.44.